The third-order valence-corrected chi connectivity index (χ3v) is 3.10. The van der Waals surface area contributed by atoms with E-state index in [1.807, 2.05) is 0 Å². The third-order valence-electron chi connectivity index (χ3n) is 3.10. The Bertz CT molecular complexity index is 757. The Labute approximate surface area is 125 Å². The summed E-state index contributed by atoms with van der Waals surface area (Å²) < 4.78 is 0. The van der Waals surface area contributed by atoms with Crippen LogP contribution in [0.5, 0.6) is 0 Å². The van der Waals surface area contributed by atoms with Gasteiger partial charge in [0.2, 0.25) is 0 Å². The van der Waals surface area contributed by atoms with E-state index in [0.29, 0.717) is 0 Å². The van der Waals surface area contributed by atoms with E-state index in [-0.39, 0.29) is 22.5 Å². The molecule has 0 saturated carbocycles. The molecule has 112 valence electrons. The first-order valence-electron chi connectivity index (χ1n) is 6.26. The van der Waals surface area contributed by atoms with Gasteiger partial charge in [-0.05, 0) is 18.2 Å². The average molecular weight is 300 g/mol. The zero-order chi connectivity index (χ0) is 16.3. The highest BCUT2D eigenvalue weighted by Gasteiger charge is 2.20. The van der Waals surface area contributed by atoms with E-state index in [2.05, 4.69) is 0 Å². The molecule has 2 aromatic rings. The number of benzene rings is 2. The number of para-hydroxylation sites is 1. The van der Waals surface area contributed by atoms with Crippen LogP contribution >= 0.6 is 0 Å². The molecule has 0 aromatic heterocycles. The Kier molecular flexibility index (Phi) is 4.17. The topological polar surface area (TPSA) is 101 Å². The van der Waals surface area contributed by atoms with Crippen LogP contribution in [0.15, 0.2) is 48.5 Å². The Morgan fingerprint density at radius 2 is 1.82 bits per heavy atom. The number of nitrogens with zero attached hydrogens (tertiary/aromatic N) is 2. The van der Waals surface area contributed by atoms with Crippen LogP contribution in [0.1, 0.15) is 20.7 Å². The maximum absolute atomic E-state index is 12.4. The molecule has 0 aliphatic carbocycles. The van der Waals surface area contributed by atoms with Gasteiger partial charge in [0.15, 0.2) is 0 Å². The molecule has 0 bridgehead atoms. The van der Waals surface area contributed by atoms with Gasteiger partial charge in [0.1, 0.15) is 0 Å². The van der Waals surface area contributed by atoms with Crippen LogP contribution in [0.3, 0.4) is 0 Å². The molecule has 0 radical (unpaired) electrons. The molecular weight excluding hydrogens is 288 g/mol. The van der Waals surface area contributed by atoms with Crippen LogP contribution in [-0.2, 0) is 0 Å². The minimum absolute atomic E-state index is 0.0243. The molecular formula is C15H12N2O5. The standard InChI is InChI=1S/C15H12N2O5/c1-16(13-8-3-2-7-12(13)15(19)20)14(18)10-5-4-6-11(9-10)17(21)22/h2-9H,1H3,(H,19,20). The summed E-state index contributed by atoms with van der Waals surface area (Å²) in [6, 6.07) is 11.3. The van der Waals surface area contributed by atoms with Gasteiger partial charge >= 0.3 is 5.97 Å². The van der Waals surface area contributed by atoms with Crippen molar-refractivity contribution in [2.24, 2.45) is 0 Å². The lowest BCUT2D eigenvalue weighted by Gasteiger charge is -2.19. The molecule has 0 aliphatic heterocycles. The van der Waals surface area contributed by atoms with Gasteiger partial charge in [0.05, 0.1) is 16.2 Å². The van der Waals surface area contributed by atoms with Gasteiger partial charge in [0.25, 0.3) is 11.6 Å². The Morgan fingerprint density at radius 3 is 2.45 bits per heavy atom. The first-order chi connectivity index (χ1) is 10.4. The number of hydrogen-bond donors (Lipinski definition) is 1. The molecule has 7 heteroatoms. The van der Waals surface area contributed by atoms with Crippen molar-refractivity contribution in [3.63, 3.8) is 0 Å². The van der Waals surface area contributed by atoms with Gasteiger partial charge < -0.3 is 10.0 Å². The second kappa shape index (κ2) is 6.04. The second-order valence-corrected chi connectivity index (χ2v) is 4.49. The predicted molar refractivity (Wildman–Crippen MR) is 79.2 cm³/mol. The van der Waals surface area contributed by atoms with E-state index in [0.717, 1.165) is 11.0 Å². The van der Waals surface area contributed by atoms with Crippen molar-refractivity contribution in [1.82, 2.24) is 0 Å². The van der Waals surface area contributed by atoms with Crippen LogP contribution in [0, 0.1) is 10.1 Å². The number of aromatic carboxylic acids is 1. The highest BCUT2D eigenvalue weighted by Crippen LogP contribution is 2.22. The van der Waals surface area contributed by atoms with Crippen molar-refractivity contribution in [3.8, 4) is 0 Å². The second-order valence-electron chi connectivity index (χ2n) is 4.49. The number of nitro groups is 1. The lowest BCUT2D eigenvalue weighted by atomic mass is 10.1. The third kappa shape index (κ3) is 2.93. The number of non-ortho nitro benzene ring substituents is 1. The van der Waals surface area contributed by atoms with Crippen molar-refractivity contribution in [2.75, 3.05) is 11.9 Å². The predicted octanol–water partition coefficient (Wildman–Crippen LogP) is 2.57. The maximum Gasteiger partial charge on any atom is 0.337 e. The highest BCUT2D eigenvalue weighted by atomic mass is 16.6. The SMILES string of the molecule is CN(C(=O)c1cccc([N+](=O)[O-])c1)c1ccccc1C(=O)O. The van der Waals surface area contributed by atoms with Crippen molar-refractivity contribution >= 4 is 23.3 Å². The molecule has 2 aromatic carbocycles. The summed E-state index contributed by atoms with van der Waals surface area (Å²) in [5.74, 6) is -1.69. The molecule has 0 unspecified atom stereocenters. The largest absolute Gasteiger partial charge is 0.478 e. The van der Waals surface area contributed by atoms with Gasteiger partial charge in [-0.25, -0.2) is 4.79 Å². The first kappa shape index (κ1) is 15.2. The highest BCUT2D eigenvalue weighted by molar-refractivity contribution is 6.09. The van der Waals surface area contributed by atoms with E-state index >= 15 is 0 Å². The minimum Gasteiger partial charge on any atom is -0.478 e. The number of hydrogen-bond acceptors (Lipinski definition) is 4. The average Bonchev–Trinajstić information content (AvgIpc) is 2.53. The quantitative estimate of drug-likeness (QED) is 0.690. The molecule has 0 saturated heterocycles. The molecule has 7 nitrogen and oxygen atoms in total. The monoisotopic (exact) mass is 300 g/mol. The van der Waals surface area contributed by atoms with Crippen molar-refractivity contribution in [3.05, 3.63) is 69.8 Å². The number of carbonyl (C=O) groups is 2. The number of carboxylic acids is 1. The molecule has 0 heterocycles. The normalized spacial score (nSPS) is 10.0. The number of amides is 1. The van der Waals surface area contributed by atoms with Crippen LogP contribution in [0.4, 0.5) is 11.4 Å². The van der Waals surface area contributed by atoms with E-state index in [1.54, 1.807) is 12.1 Å². The van der Waals surface area contributed by atoms with E-state index < -0.39 is 16.8 Å². The minimum atomic E-state index is -1.16. The molecule has 22 heavy (non-hydrogen) atoms. The number of nitro benzene ring substituents is 1. The summed E-state index contributed by atoms with van der Waals surface area (Å²) in [4.78, 5) is 34.9. The van der Waals surface area contributed by atoms with Gasteiger partial charge in [0, 0.05) is 24.7 Å². The first-order valence-corrected chi connectivity index (χ1v) is 6.26. The van der Waals surface area contributed by atoms with E-state index in [9.17, 15) is 19.7 Å². The fourth-order valence-electron chi connectivity index (χ4n) is 2.00. The Morgan fingerprint density at radius 1 is 1.14 bits per heavy atom. The summed E-state index contributed by atoms with van der Waals surface area (Å²) in [5, 5.41) is 19.9. The fraction of sp³-hybridized carbons (Fsp3) is 0.0667. The maximum atomic E-state index is 12.4. The van der Waals surface area contributed by atoms with Gasteiger partial charge in [-0.3, -0.25) is 14.9 Å². The molecule has 1 N–H and O–H groups in total. The lowest BCUT2D eigenvalue weighted by Crippen LogP contribution is -2.27. The number of carboxylic acid groups (broad SMARTS) is 1. The number of anilines is 1. The smallest absolute Gasteiger partial charge is 0.337 e. The molecule has 0 fully saturated rings. The number of rotatable bonds is 4. The molecule has 0 atom stereocenters. The van der Waals surface area contributed by atoms with Crippen LogP contribution in [0.2, 0.25) is 0 Å². The molecule has 2 rings (SSSR count). The summed E-state index contributed by atoms with van der Waals surface area (Å²) >= 11 is 0. The van der Waals surface area contributed by atoms with Crippen molar-refractivity contribution < 1.29 is 19.6 Å². The summed E-state index contributed by atoms with van der Waals surface area (Å²) in [6.07, 6.45) is 0. The van der Waals surface area contributed by atoms with E-state index in [1.165, 1.54) is 37.4 Å². The van der Waals surface area contributed by atoms with Gasteiger partial charge in [-0.2, -0.15) is 0 Å². The molecule has 0 spiro atoms. The molecule has 1 amide bonds. The lowest BCUT2D eigenvalue weighted by molar-refractivity contribution is -0.384. The van der Waals surface area contributed by atoms with Crippen molar-refractivity contribution in [1.29, 1.82) is 0 Å². The zero-order valence-electron chi connectivity index (χ0n) is 11.6. The van der Waals surface area contributed by atoms with Crippen molar-refractivity contribution in [2.45, 2.75) is 0 Å². The van der Waals surface area contributed by atoms with Crippen LogP contribution in [-0.4, -0.2) is 29.0 Å². The number of carbonyl (C=O) groups excluding carboxylic acids is 1. The molecule has 0 aliphatic rings. The fourth-order valence-corrected chi connectivity index (χ4v) is 2.00. The van der Waals surface area contributed by atoms with Crippen LogP contribution in [0.25, 0.3) is 0 Å². The summed E-state index contributed by atoms with van der Waals surface area (Å²) in [6.45, 7) is 0. The van der Waals surface area contributed by atoms with E-state index in [4.69, 9.17) is 5.11 Å². The van der Waals surface area contributed by atoms with Crippen LogP contribution < -0.4 is 4.90 Å². The Hall–Kier alpha value is -3.22. The van der Waals surface area contributed by atoms with Gasteiger partial charge in [-0.15, -0.1) is 0 Å². The summed E-state index contributed by atoms with van der Waals surface area (Å²) in [7, 11) is 1.42. The zero-order valence-corrected chi connectivity index (χ0v) is 11.6. The Balaban J connectivity index is 2.40. The van der Waals surface area contributed by atoms with Gasteiger partial charge in [-0.1, -0.05) is 18.2 Å². The summed E-state index contributed by atoms with van der Waals surface area (Å²) in [5.41, 5.74) is 0.0953.